The average Bonchev–Trinajstić information content (AvgIpc) is 2.75. The van der Waals surface area contributed by atoms with Gasteiger partial charge in [0.05, 0.1) is 17.7 Å². The van der Waals surface area contributed by atoms with E-state index >= 15 is 0 Å². The van der Waals surface area contributed by atoms with Crippen LogP contribution in [0, 0.1) is 5.82 Å². The molecule has 0 aliphatic rings. The van der Waals surface area contributed by atoms with Gasteiger partial charge in [-0.25, -0.2) is 18.2 Å². The second-order valence-electron chi connectivity index (χ2n) is 6.81. The van der Waals surface area contributed by atoms with Gasteiger partial charge in [-0.05, 0) is 59.7 Å². The smallest absolute Gasteiger partial charge is 0.255 e. The Hall–Kier alpha value is -2.49. The highest BCUT2D eigenvalue weighted by Crippen LogP contribution is 2.25. The van der Waals surface area contributed by atoms with E-state index in [0.717, 1.165) is 4.31 Å². The highest BCUT2D eigenvalue weighted by atomic mass is 35.5. The topological polar surface area (TPSA) is 78.8 Å². The van der Waals surface area contributed by atoms with Crippen molar-refractivity contribution in [1.29, 1.82) is 0 Å². The highest BCUT2D eigenvalue weighted by Gasteiger charge is 2.27. The molecule has 33 heavy (non-hydrogen) atoms. The van der Waals surface area contributed by atoms with Gasteiger partial charge >= 0.3 is 0 Å². The number of hydrogen-bond acceptors (Lipinski definition) is 4. The van der Waals surface area contributed by atoms with Crippen LogP contribution < -0.4 is 5.43 Å². The average molecular weight is 529 g/mol. The van der Waals surface area contributed by atoms with E-state index in [4.69, 9.17) is 34.8 Å². The summed E-state index contributed by atoms with van der Waals surface area (Å²) < 4.78 is 40.7. The van der Waals surface area contributed by atoms with E-state index in [-0.39, 0.29) is 16.5 Å². The minimum Gasteiger partial charge on any atom is -0.272 e. The van der Waals surface area contributed by atoms with Crippen molar-refractivity contribution < 1.29 is 17.6 Å². The standard InChI is InChI=1S/C22H17Cl3FN3O3S/c23-17-6-8-20(9-7-17)33(31,32)29(13-16-4-5-18(24)11-21(16)25)14-22(30)28-27-12-15-2-1-3-19(26)10-15/h1-12H,13-14H2,(H,28,30)/b27-12-. The molecule has 3 aromatic carbocycles. The lowest BCUT2D eigenvalue weighted by Crippen LogP contribution is -2.39. The van der Waals surface area contributed by atoms with Crippen molar-refractivity contribution in [2.75, 3.05) is 6.54 Å². The summed E-state index contributed by atoms with van der Waals surface area (Å²) in [4.78, 5) is 12.4. The van der Waals surface area contributed by atoms with E-state index in [9.17, 15) is 17.6 Å². The van der Waals surface area contributed by atoms with Crippen molar-refractivity contribution in [3.8, 4) is 0 Å². The zero-order valence-electron chi connectivity index (χ0n) is 16.9. The van der Waals surface area contributed by atoms with Crippen molar-refractivity contribution in [2.24, 2.45) is 5.10 Å². The predicted molar refractivity (Wildman–Crippen MR) is 128 cm³/mol. The molecule has 1 amide bonds. The number of nitrogens with one attached hydrogen (secondary N) is 1. The number of amides is 1. The molecule has 0 aromatic heterocycles. The van der Waals surface area contributed by atoms with Crippen molar-refractivity contribution in [1.82, 2.24) is 9.73 Å². The lowest BCUT2D eigenvalue weighted by atomic mass is 10.2. The molecule has 1 N–H and O–H groups in total. The van der Waals surface area contributed by atoms with Gasteiger partial charge in [0.1, 0.15) is 5.82 Å². The number of carbonyl (C=O) groups is 1. The van der Waals surface area contributed by atoms with E-state index in [1.165, 1.54) is 54.7 Å². The maximum atomic E-state index is 13.3. The van der Waals surface area contributed by atoms with Gasteiger partial charge in [-0.3, -0.25) is 4.79 Å². The lowest BCUT2D eigenvalue weighted by molar-refractivity contribution is -0.121. The Labute approximate surface area is 205 Å². The van der Waals surface area contributed by atoms with Crippen LogP contribution in [0.5, 0.6) is 0 Å². The summed E-state index contributed by atoms with van der Waals surface area (Å²) in [6, 6.07) is 15.8. The number of halogens is 4. The quantitative estimate of drug-likeness (QED) is 0.325. The number of hydrogen-bond donors (Lipinski definition) is 1. The van der Waals surface area contributed by atoms with Crippen LogP contribution in [-0.2, 0) is 21.4 Å². The molecule has 0 atom stereocenters. The highest BCUT2D eigenvalue weighted by molar-refractivity contribution is 7.89. The number of benzene rings is 3. The molecule has 3 aromatic rings. The van der Waals surface area contributed by atoms with Crippen molar-refractivity contribution in [3.63, 3.8) is 0 Å². The Balaban J connectivity index is 1.82. The molecule has 0 fully saturated rings. The summed E-state index contributed by atoms with van der Waals surface area (Å²) in [7, 11) is -4.10. The SMILES string of the molecule is O=C(CN(Cc1ccc(Cl)cc1Cl)S(=O)(=O)c1ccc(Cl)cc1)N/N=C\c1cccc(F)c1. The fraction of sp³-hybridized carbons (Fsp3) is 0.0909. The van der Waals surface area contributed by atoms with Gasteiger partial charge in [-0.1, -0.05) is 53.0 Å². The summed E-state index contributed by atoms with van der Waals surface area (Å²) in [5.41, 5.74) is 3.13. The van der Waals surface area contributed by atoms with Crippen LogP contribution in [0.2, 0.25) is 15.1 Å². The van der Waals surface area contributed by atoms with Crippen LogP contribution in [0.25, 0.3) is 0 Å². The van der Waals surface area contributed by atoms with Crippen LogP contribution in [0.4, 0.5) is 4.39 Å². The first-order valence-electron chi connectivity index (χ1n) is 9.42. The first kappa shape index (κ1) is 25.1. The van der Waals surface area contributed by atoms with E-state index in [1.807, 2.05) is 0 Å². The Bertz CT molecular complexity index is 1290. The van der Waals surface area contributed by atoms with Crippen LogP contribution in [-0.4, -0.2) is 31.4 Å². The number of carbonyl (C=O) groups excluding carboxylic acids is 1. The van der Waals surface area contributed by atoms with Crippen LogP contribution in [0.15, 0.2) is 76.7 Å². The summed E-state index contributed by atoms with van der Waals surface area (Å²) in [6.45, 7) is -0.744. The molecule has 0 bridgehead atoms. The lowest BCUT2D eigenvalue weighted by Gasteiger charge is -2.22. The minimum absolute atomic E-state index is 0.0481. The molecule has 0 aliphatic carbocycles. The summed E-state index contributed by atoms with van der Waals surface area (Å²) >= 11 is 18.0. The Morgan fingerprint density at radius 3 is 2.36 bits per heavy atom. The van der Waals surface area contributed by atoms with Gasteiger partial charge in [0.2, 0.25) is 10.0 Å². The monoisotopic (exact) mass is 527 g/mol. The van der Waals surface area contributed by atoms with E-state index < -0.39 is 28.3 Å². The predicted octanol–water partition coefficient (Wildman–Crippen LogP) is 5.13. The largest absolute Gasteiger partial charge is 0.272 e. The molecular formula is C22H17Cl3FN3O3S. The third-order valence-electron chi connectivity index (χ3n) is 4.38. The van der Waals surface area contributed by atoms with Gasteiger partial charge in [0.25, 0.3) is 5.91 Å². The third-order valence-corrected chi connectivity index (χ3v) is 7.03. The zero-order chi connectivity index (χ0) is 24.0. The molecule has 0 saturated heterocycles. The minimum atomic E-state index is -4.10. The molecule has 0 spiro atoms. The molecule has 6 nitrogen and oxygen atoms in total. The Morgan fingerprint density at radius 2 is 1.70 bits per heavy atom. The van der Waals surface area contributed by atoms with Gasteiger partial charge in [0.15, 0.2) is 0 Å². The first-order chi connectivity index (χ1) is 15.6. The van der Waals surface area contributed by atoms with E-state index in [2.05, 4.69) is 10.5 Å². The fourth-order valence-electron chi connectivity index (χ4n) is 2.78. The van der Waals surface area contributed by atoms with Crippen LogP contribution in [0.3, 0.4) is 0 Å². The normalized spacial score (nSPS) is 11.8. The van der Waals surface area contributed by atoms with Gasteiger partial charge in [-0.15, -0.1) is 0 Å². The van der Waals surface area contributed by atoms with Crippen molar-refractivity contribution >= 4 is 56.9 Å². The molecule has 3 rings (SSSR count). The second kappa shape index (κ2) is 11.1. The van der Waals surface area contributed by atoms with Gasteiger partial charge in [-0.2, -0.15) is 9.41 Å². The van der Waals surface area contributed by atoms with Gasteiger partial charge in [0, 0.05) is 21.6 Å². The summed E-state index contributed by atoms with van der Waals surface area (Å²) in [5.74, 6) is -1.16. The summed E-state index contributed by atoms with van der Waals surface area (Å²) in [6.07, 6.45) is 1.25. The molecule has 0 unspecified atom stereocenters. The first-order valence-corrected chi connectivity index (χ1v) is 12.0. The molecule has 172 valence electrons. The zero-order valence-corrected chi connectivity index (χ0v) is 20.0. The maximum absolute atomic E-state index is 13.3. The number of sulfonamides is 1. The van der Waals surface area contributed by atoms with Crippen LogP contribution in [0.1, 0.15) is 11.1 Å². The molecule has 0 aliphatic heterocycles. The number of nitrogens with zero attached hydrogens (tertiary/aromatic N) is 2. The van der Waals surface area contributed by atoms with E-state index in [1.54, 1.807) is 18.2 Å². The fourth-order valence-corrected chi connectivity index (χ4v) is 4.75. The maximum Gasteiger partial charge on any atom is 0.255 e. The summed E-state index contributed by atoms with van der Waals surface area (Å²) in [5, 5.41) is 4.77. The molecule has 0 saturated carbocycles. The Morgan fingerprint density at radius 1 is 1.00 bits per heavy atom. The van der Waals surface area contributed by atoms with Crippen LogP contribution >= 0.6 is 34.8 Å². The molecular weight excluding hydrogens is 512 g/mol. The second-order valence-corrected chi connectivity index (χ2v) is 10.0. The molecule has 11 heteroatoms. The number of rotatable bonds is 8. The molecule has 0 radical (unpaired) electrons. The van der Waals surface area contributed by atoms with E-state index in [0.29, 0.717) is 21.2 Å². The van der Waals surface area contributed by atoms with Gasteiger partial charge < -0.3 is 0 Å². The third kappa shape index (κ3) is 6.99. The van der Waals surface area contributed by atoms with Crippen molar-refractivity contribution in [3.05, 3.63) is 98.7 Å². The molecule has 0 heterocycles. The Kier molecular flexibility index (Phi) is 8.45. The van der Waals surface area contributed by atoms with Crippen molar-refractivity contribution in [2.45, 2.75) is 11.4 Å². The number of hydrazone groups is 1.